The lowest BCUT2D eigenvalue weighted by molar-refractivity contribution is -0.175. The van der Waals surface area contributed by atoms with Crippen LogP contribution in [0.5, 0.6) is 0 Å². The summed E-state index contributed by atoms with van der Waals surface area (Å²) in [5.41, 5.74) is 1.38. The lowest BCUT2D eigenvalue weighted by Gasteiger charge is -2.28. The molecule has 118 valence electrons. The molecule has 3 rings (SSSR count). The van der Waals surface area contributed by atoms with E-state index in [2.05, 4.69) is 12.1 Å². The number of carbonyl (C=O) groups excluding carboxylic acids is 2. The second-order valence-electron chi connectivity index (χ2n) is 6.29. The van der Waals surface area contributed by atoms with Crippen LogP contribution in [0.4, 0.5) is 0 Å². The fraction of sp³-hybridized carbons (Fsp3) is 0.263. The van der Waals surface area contributed by atoms with Crippen molar-refractivity contribution in [3.63, 3.8) is 0 Å². The number of aryl methyl sites for hydroxylation is 1. The van der Waals surface area contributed by atoms with Gasteiger partial charge in [0.05, 0.1) is 16.7 Å². The monoisotopic (exact) mass is 309 g/mol. The number of hydroxylamine groups is 2. The molecule has 0 atom stereocenters. The number of benzene rings is 2. The molecule has 0 radical (unpaired) electrons. The summed E-state index contributed by atoms with van der Waals surface area (Å²) in [5.74, 6) is -0.781. The first-order valence-corrected chi connectivity index (χ1v) is 7.69. The van der Waals surface area contributed by atoms with Crippen molar-refractivity contribution in [2.24, 2.45) is 0 Å². The van der Waals surface area contributed by atoms with E-state index >= 15 is 0 Å². The molecule has 23 heavy (non-hydrogen) atoms. The molecule has 4 nitrogen and oxygen atoms in total. The van der Waals surface area contributed by atoms with Gasteiger partial charge in [-0.25, -0.2) is 0 Å². The highest BCUT2D eigenvalue weighted by Gasteiger charge is 2.39. The Morgan fingerprint density at radius 3 is 1.96 bits per heavy atom. The van der Waals surface area contributed by atoms with Crippen LogP contribution in [0.1, 0.15) is 46.5 Å². The number of hydrogen-bond donors (Lipinski definition) is 0. The summed E-state index contributed by atoms with van der Waals surface area (Å²) in [6.07, 6.45) is 1.52. The van der Waals surface area contributed by atoms with Crippen LogP contribution >= 0.6 is 0 Å². The third kappa shape index (κ3) is 3.17. The van der Waals surface area contributed by atoms with Gasteiger partial charge in [0, 0.05) is 0 Å². The average Bonchev–Trinajstić information content (AvgIpc) is 2.79. The number of fused-ring (bicyclic) bond motifs is 1. The lowest BCUT2D eigenvalue weighted by Crippen LogP contribution is -2.39. The second kappa shape index (κ2) is 5.97. The molecular formula is C19H19NO3. The molecular weight excluding hydrogens is 290 g/mol. The van der Waals surface area contributed by atoms with Gasteiger partial charge in [-0.3, -0.25) is 14.4 Å². The molecule has 1 aliphatic heterocycles. The average molecular weight is 309 g/mol. The van der Waals surface area contributed by atoms with E-state index in [1.807, 2.05) is 32.0 Å². The van der Waals surface area contributed by atoms with Crippen LogP contribution in [0, 0.1) is 0 Å². The number of hydrogen-bond acceptors (Lipinski definition) is 3. The molecule has 0 unspecified atom stereocenters. The van der Waals surface area contributed by atoms with Crippen molar-refractivity contribution in [3.8, 4) is 0 Å². The Kier molecular flexibility index (Phi) is 4.01. The predicted octanol–water partition coefficient (Wildman–Crippen LogP) is 3.63. The maximum atomic E-state index is 12.3. The molecule has 1 aliphatic rings. The van der Waals surface area contributed by atoms with Crippen LogP contribution in [0.3, 0.4) is 0 Å². The molecule has 0 N–H and O–H groups in total. The van der Waals surface area contributed by atoms with Gasteiger partial charge in [0.25, 0.3) is 11.8 Å². The molecule has 0 saturated heterocycles. The Balaban J connectivity index is 1.69. The maximum Gasteiger partial charge on any atom is 0.285 e. The third-order valence-electron chi connectivity index (χ3n) is 3.95. The van der Waals surface area contributed by atoms with Gasteiger partial charge in [-0.05, 0) is 44.4 Å². The summed E-state index contributed by atoms with van der Waals surface area (Å²) in [7, 11) is 0. The predicted molar refractivity (Wildman–Crippen MR) is 86.9 cm³/mol. The lowest BCUT2D eigenvalue weighted by atomic mass is 9.99. The molecule has 0 saturated carbocycles. The molecule has 1 heterocycles. The number of amides is 2. The zero-order chi connectivity index (χ0) is 16.4. The van der Waals surface area contributed by atoms with Gasteiger partial charge in [-0.2, -0.15) is 0 Å². The van der Waals surface area contributed by atoms with E-state index in [0.717, 1.165) is 11.5 Å². The Bertz CT molecular complexity index is 702. The number of imide groups is 1. The number of carbonyl (C=O) groups is 2. The first-order valence-electron chi connectivity index (χ1n) is 7.69. The van der Waals surface area contributed by atoms with E-state index in [1.165, 1.54) is 5.56 Å². The Hall–Kier alpha value is -2.46. The van der Waals surface area contributed by atoms with Gasteiger partial charge in [0.15, 0.2) is 0 Å². The molecule has 4 heteroatoms. The summed E-state index contributed by atoms with van der Waals surface area (Å²) in [5, 5.41) is 0.898. The zero-order valence-electron chi connectivity index (χ0n) is 13.3. The molecule has 0 fully saturated rings. The van der Waals surface area contributed by atoms with Gasteiger partial charge in [0.2, 0.25) is 0 Å². The van der Waals surface area contributed by atoms with Gasteiger partial charge < -0.3 is 0 Å². The van der Waals surface area contributed by atoms with Crippen LogP contribution in [-0.4, -0.2) is 22.5 Å². The Labute approximate surface area is 135 Å². The molecule has 2 aromatic carbocycles. The fourth-order valence-corrected chi connectivity index (χ4v) is 2.63. The standard InChI is InChI=1S/C19H19NO3/c1-19(2,13-12-14-8-4-3-5-9-14)23-20-17(21)15-10-6-7-11-16(15)18(20)22/h3-11H,12-13H2,1-2H3. The Morgan fingerprint density at radius 1 is 0.870 bits per heavy atom. The van der Waals surface area contributed by atoms with Crippen LogP contribution in [0.15, 0.2) is 54.6 Å². The van der Waals surface area contributed by atoms with E-state index < -0.39 is 17.4 Å². The van der Waals surface area contributed by atoms with Crippen molar-refractivity contribution >= 4 is 11.8 Å². The molecule has 2 aromatic rings. The first-order chi connectivity index (χ1) is 11.0. The molecule has 0 spiro atoms. The van der Waals surface area contributed by atoms with Crippen LogP contribution in [-0.2, 0) is 11.3 Å². The topological polar surface area (TPSA) is 46.6 Å². The minimum Gasteiger partial charge on any atom is -0.266 e. The van der Waals surface area contributed by atoms with E-state index in [-0.39, 0.29) is 0 Å². The van der Waals surface area contributed by atoms with Crippen molar-refractivity contribution < 1.29 is 14.4 Å². The van der Waals surface area contributed by atoms with Crippen molar-refractivity contribution in [2.75, 3.05) is 0 Å². The zero-order valence-corrected chi connectivity index (χ0v) is 13.3. The molecule has 2 amide bonds. The quantitative estimate of drug-likeness (QED) is 0.792. The highest BCUT2D eigenvalue weighted by atomic mass is 16.7. The van der Waals surface area contributed by atoms with Crippen molar-refractivity contribution in [1.29, 1.82) is 0 Å². The molecule has 0 bridgehead atoms. The first kappa shape index (κ1) is 15.4. The maximum absolute atomic E-state index is 12.3. The fourth-order valence-electron chi connectivity index (χ4n) is 2.63. The normalized spacial score (nSPS) is 14.3. The van der Waals surface area contributed by atoms with Crippen LogP contribution in [0.25, 0.3) is 0 Å². The van der Waals surface area contributed by atoms with Gasteiger partial charge in [0.1, 0.15) is 0 Å². The summed E-state index contributed by atoms with van der Waals surface area (Å²) < 4.78 is 0. The summed E-state index contributed by atoms with van der Waals surface area (Å²) in [4.78, 5) is 30.4. The number of rotatable bonds is 5. The summed E-state index contributed by atoms with van der Waals surface area (Å²) in [6.45, 7) is 3.78. The van der Waals surface area contributed by atoms with Gasteiger partial charge in [-0.1, -0.05) is 42.5 Å². The van der Waals surface area contributed by atoms with Crippen molar-refractivity contribution in [1.82, 2.24) is 5.06 Å². The smallest absolute Gasteiger partial charge is 0.266 e. The number of nitrogens with zero attached hydrogens (tertiary/aromatic N) is 1. The van der Waals surface area contributed by atoms with Gasteiger partial charge >= 0.3 is 0 Å². The van der Waals surface area contributed by atoms with E-state index in [1.54, 1.807) is 24.3 Å². The largest absolute Gasteiger partial charge is 0.285 e. The molecule has 0 aromatic heterocycles. The minimum atomic E-state index is -0.622. The second-order valence-corrected chi connectivity index (χ2v) is 6.29. The van der Waals surface area contributed by atoms with Crippen LogP contribution < -0.4 is 0 Å². The third-order valence-corrected chi connectivity index (χ3v) is 3.95. The summed E-state index contributed by atoms with van der Waals surface area (Å²) in [6, 6.07) is 16.9. The highest BCUT2D eigenvalue weighted by Crippen LogP contribution is 2.27. The van der Waals surface area contributed by atoms with E-state index in [9.17, 15) is 9.59 Å². The van der Waals surface area contributed by atoms with Crippen molar-refractivity contribution in [3.05, 3.63) is 71.3 Å². The van der Waals surface area contributed by atoms with E-state index in [4.69, 9.17) is 4.84 Å². The van der Waals surface area contributed by atoms with Crippen LogP contribution in [0.2, 0.25) is 0 Å². The van der Waals surface area contributed by atoms with Crippen molar-refractivity contribution in [2.45, 2.75) is 32.3 Å². The SMILES string of the molecule is CC(C)(CCc1ccccc1)ON1C(=O)c2ccccc2C1=O. The van der Waals surface area contributed by atoms with E-state index in [0.29, 0.717) is 17.5 Å². The van der Waals surface area contributed by atoms with Gasteiger partial charge in [-0.15, -0.1) is 5.06 Å². The molecule has 0 aliphatic carbocycles. The summed E-state index contributed by atoms with van der Waals surface area (Å²) >= 11 is 0. The highest BCUT2D eigenvalue weighted by molar-refractivity contribution is 6.20. The Morgan fingerprint density at radius 2 is 1.39 bits per heavy atom. The minimum absolute atomic E-state index is 0.390.